The van der Waals surface area contributed by atoms with Crippen LogP contribution in [-0.4, -0.2) is 23.7 Å². The van der Waals surface area contributed by atoms with E-state index in [1.807, 2.05) is 0 Å². The fourth-order valence-corrected chi connectivity index (χ4v) is 3.03. The Morgan fingerprint density at radius 1 is 1.48 bits per heavy atom. The summed E-state index contributed by atoms with van der Waals surface area (Å²) in [6.07, 6.45) is 7.26. The van der Waals surface area contributed by atoms with E-state index in [1.54, 1.807) is 19.1 Å². The maximum Gasteiger partial charge on any atom is 0.315 e. The van der Waals surface area contributed by atoms with E-state index in [4.69, 9.17) is 4.42 Å². The van der Waals surface area contributed by atoms with Crippen molar-refractivity contribution in [1.82, 2.24) is 10.6 Å². The van der Waals surface area contributed by atoms with Crippen LogP contribution in [0.2, 0.25) is 0 Å². The van der Waals surface area contributed by atoms with E-state index >= 15 is 0 Å². The molecule has 1 aromatic heterocycles. The summed E-state index contributed by atoms with van der Waals surface area (Å²) in [5, 5.41) is 16.1. The first-order valence-corrected chi connectivity index (χ1v) is 7.83. The molecule has 5 heteroatoms. The van der Waals surface area contributed by atoms with Gasteiger partial charge in [-0.15, -0.1) is 0 Å². The summed E-state index contributed by atoms with van der Waals surface area (Å²) in [5.41, 5.74) is -1.20. The van der Waals surface area contributed by atoms with Gasteiger partial charge in [-0.1, -0.05) is 26.2 Å². The quantitative estimate of drug-likeness (QED) is 0.781. The standard InChI is InChI=1S/C16H26N2O3/c1-3-12-7-4-5-8-13(12)18-15(19)17-11-16(2,20)14-9-6-10-21-14/h6,9-10,12-13,20H,3-5,7-8,11H2,1-2H3,(H2,17,18,19). The van der Waals surface area contributed by atoms with E-state index in [0.717, 1.165) is 12.8 Å². The van der Waals surface area contributed by atoms with Crippen molar-refractivity contribution in [3.63, 3.8) is 0 Å². The average Bonchev–Trinajstić information content (AvgIpc) is 3.01. The van der Waals surface area contributed by atoms with Gasteiger partial charge in [0, 0.05) is 6.04 Å². The molecule has 1 aliphatic rings. The molecule has 1 saturated carbocycles. The van der Waals surface area contributed by atoms with E-state index in [-0.39, 0.29) is 18.6 Å². The van der Waals surface area contributed by atoms with Gasteiger partial charge in [-0.2, -0.15) is 0 Å². The van der Waals surface area contributed by atoms with Gasteiger partial charge in [-0.3, -0.25) is 0 Å². The number of carbonyl (C=O) groups excluding carboxylic acids is 1. The lowest BCUT2D eigenvalue weighted by Gasteiger charge is -2.32. The van der Waals surface area contributed by atoms with Gasteiger partial charge in [0.15, 0.2) is 0 Å². The Labute approximate surface area is 126 Å². The summed E-state index contributed by atoms with van der Waals surface area (Å²) in [6.45, 7) is 3.92. The van der Waals surface area contributed by atoms with Crippen LogP contribution in [0.1, 0.15) is 51.7 Å². The molecule has 1 aliphatic carbocycles. The molecule has 2 rings (SSSR count). The van der Waals surface area contributed by atoms with Gasteiger partial charge in [0.2, 0.25) is 0 Å². The Kier molecular flexibility index (Phi) is 5.28. The second kappa shape index (κ2) is 6.98. The number of furan rings is 1. The number of nitrogens with one attached hydrogen (secondary N) is 2. The lowest BCUT2D eigenvalue weighted by Crippen LogP contribution is -2.49. The minimum atomic E-state index is -1.20. The second-order valence-corrected chi connectivity index (χ2v) is 6.14. The molecule has 3 unspecified atom stereocenters. The highest BCUT2D eigenvalue weighted by Crippen LogP contribution is 2.26. The number of rotatable bonds is 5. The molecule has 2 amide bonds. The number of aliphatic hydroxyl groups is 1. The van der Waals surface area contributed by atoms with Gasteiger partial charge in [0.1, 0.15) is 11.4 Å². The highest BCUT2D eigenvalue weighted by Gasteiger charge is 2.28. The van der Waals surface area contributed by atoms with Crippen molar-refractivity contribution < 1.29 is 14.3 Å². The minimum absolute atomic E-state index is 0.121. The molecule has 0 aliphatic heterocycles. The molecule has 5 nitrogen and oxygen atoms in total. The van der Waals surface area contributed by atoms with Crippen LogP contribution in [0.15, 0.2) is 22.8 Å². The van der Waals surface area contributed by atoms with E-state index in [9.17, 15) is 9.90 Å². The number of carbonyl (C=O) groups is 1. The maximum absolute atomic E-state index is 12.0. The third-order valence-corrected chi connectivity index (χ3v) is 4.40. The van der Waals surface area contributed by atoms with Crippen molar-refractivity contribution >= 4 is 6.03 Å². The Balaban J connectivity index is 1.82. The number of urea groups is 1. The Morgan fingerprint density at radius 3 is 2.90 bits per heavy atom. The fourth-order valence-electron chi connectivity index (χ4n) is 3.03. The third kappa shape index (κ3) is 4.24. The van der Waals surface area contributed by atoms with Crippen LogP contribution in [0.3, 0.4) is 0 Å². The second-order valence-electron chi connectivity index (χ2n) is 6.14. The van der Waals surface area contributed by atoms with Crippen LogP contribution in [-0.2, 0) is 5.60 Å². The summed E-state index contributed by atoms with van der Waals surface area (Å²) in [5.74, 6) is 1.02. The minimum Gasteiger partial charge on any atom is -0.466 e. The van der Waals surface area contributed by atoms with Gasteiger partial charge >= 0.3 is 6.03 Å². The fraction of sp³-hybridized carbons (Fsp3) is 0.688. The zero-order valence-corrected chi connectivity index (χ0v) is 12.9. The van der Waals surface area contributed by atoms with Crippen molar-refractivity contribution in [2.45, 2.75) is 57.6 Å². The average molecular weight is 294 g/mol. The van der Waals surface area contributed by atoms with Crippen molar-refractivity contribution in [2.75, 3.05) is 6.54 Å². The molecule has 0 bridgehead atoms. The molecule has 0 radical (unpaired) electrons. The highest BCUT2D eigenvalue weighted by atomic mass is 16.4. The topological polar surface area (TPSA) is 74.5 Å². The van der Waals surface area contributed by atoms with Crippen LogP contribution in [0.4, 0.5) is 4.79 Å². The molecule has 0 saturated heterocycles. The van der Waals surface area contributed by atoms with Gasteiger partial charge < -0.3 is 20.2 Å². The van der Waals surface area contributed by atoms with Crippen LogP contribution in [0, 0.1) is 5.92 Å². The molecule has 21 heavy (non-hydrogen) atoms. The molecule has 0 spiro atoms. The normalized spacial score (nSPS) is 25.1. The van der Waals surface area contributed by atoms with Gasteiger partial charge in [0.05, 0.1) is 12.8 Å². The van der Waals surface area contributed by atoms with Gasteiger partial charge in [-0.25, -0.2) is 4.79 Å². The zero-order chi connectivity index (χ0) is 15.3. The molecule has 3 N–H and O–H groups in total. The predicted octanol–water partition coefficient (Wildman–Crippen LogP) is 2.76. The first-order valence-electron chi connectivity index (χ1n) is 7.83. The number of hydrogen-bond donors (Lipinski definition) is 3. The number of hydrogen-bond acceptors (Lipinski definition) is 3. The summed E-state index contributed by atoms with van der Waals surface area (Å²) < 4.78 is 5.19. The first-order chi connectivity index (χ1) is 10.0. The van der Waals surface area contributed by atoms with E-state index < -0.39 is 5.60 Å². The Bertz CT molecular complexity index is 442. The Hall–Kier alpha value is -1.49. The van der Waals surface area contributed by atoms with Crippen molar-refractivity contribution in [1.29, 1.82) is 0 Å². The summed E-state index contributed by atoms with van der Waals surface area (Å²) in [7, 11) is 0. The molecule has 1 heterocycles. The van der Waals surface area contributed by atoms with Crippen LogP contribution in [0.25, 0.3) is 0 Å². The van der Waals surface area contributed by atoms with Gasteiger partial charge in [0.25, 0.3) is 0 Å². The Morgan fingerprint density at radius 2 is 2.24 bits per heavy atom. The molecule has 1 aromatic rings. The lowest BCUT2D eigenvalue weighted by molar-refractivity contribution is 0.0365. The van der Waals surface area contributed by atoms with Crippen molar-refractivity contribution in [2.24, 2.45) is 5.92 Å². The molecule has 118 valence electrons. The van der Waals surface area contributed by atoms with Crippen LogP contribution < -0.4 is 10.6 Å². The van der Waals surface area contributed by atoms with Crippen molar-refractivity contribution in [3.8, 4) is 0 Å². The van der Waals surface area contributed by atoms with E-state index in [0.29, 0.717) is 11.7 Å². The van der Waals surface area contributed by atoms with Crippen LogP contribution in [0.5, 0.6) is 0 Å². The molecule has 3 atom stereocenters. The third-order valence-electron chi connectivity index (χ3n) is 4.40. The van der Waals surface area contributed by atoms with Gasteiger partial charge in [-0.05, 0) is 37.8 Å². The first kappa shape index (κ1) is 15.9. The smallest absolute Gasteiger partial charge is 0.315 e. The van der Waals surface area contributed by atoms with Crippen LogP contribution >= 0.6 is 0 Å². The maximum atomic E-state index is 12.0. The highest BCUT2D eigenvalue weighted by molar-refractivity contribution is 5.74. The number of amides is 2. The molecular weight excluding hydrogens is 268 g/mol. The lowest BCUT2D eigenvalue weighted by atomic mass is 9.83. The zero-order valence-electron chi connectivity index (χ0n) is 12.9. The monoisotopic (exact) mass is 294 g/mol. The molecule has 1 fully saturated rings. The van der Waals surface area contributed by atoms with Crippen molar-refractivity contribution in [3.05, 3.63) is 24.2 Å². The summed E-state index contributed by atoms with van der Waals surface area (Å²) in [4.78, 5) is 12.0. The van der Waals surface area contributed by atoms with E-state index in [2.05, 4.69) is 17.6 Å². The largest absolute Gasteiger partial charge is 0.466 e. The summed E-state index contributed by atoms with van der Waals surface area (Å²) in [6, 6.07) is 3.45. The SMILES string of the molecule is CCC1CCCCC1NC(=O)NCC(C)(O)c1ccco1. The van der Waals surface area contributed by atoms with E-state index in [1.165, 1.54) is 25.5 Å². The molecule has 0 aromatic carbocycles. The predicted molar refractivity (Wildman–Crippen MR) is 80.9 cm³/mol. The summed E-state index contributed by atoms with van der Waals surface area (Å²) >= 11 is 0. The molecular formula is C16H26N2O3.